The van der Waals surface area contributed by atoms with E-state index in [4.69, 9.17) is 9.90 Å². The second-order valence-corrected chi connectivity index (χ2v) is 2.57. The Bertz CT molecular complexity index is 182. The van der Waals surface area contributed by atoms with Gasteiger partial charge in [-0.3, -0.25) is 0 Å². The predicted octanol–water partition coefficient (Wildman–Crippen LogP) is 0.993. The Labute approximate surface area is 78.2 Å². The zero-order valence-corrected chi connectivity index (χ0v) is 8.23. The SMILES string of the molecule is CCN1C=CN(C)C1.COC(=O)O. The molecule has 0 fully saturated rings. The van der Waals surface area contributed by atoms with Crippen molar-refractivity contribution in [3.8, 4) is 0 Å². The molecule has 0 saturated carbocycles. The maximum absolute atomic E-state index is 9.15. The van der Waals surface area contributed by atoms with Crippen LogP contribution in [0.5, 0.6) is 0 Å². The van der Waals surface area contributed by atoms with Gasteiger partial charge in [-0.25, -0.2) is 4.79 Å². The Kier molecular flexibility index (Phi) is 5.50. The minimum absolute atomic E-state index is 1.05. The highest BCUT2D eigenvalue weighted by molar-refractivity contribution is 5.56. The van der Waals surface area contributed by atoms with Crippen molar-refractivity contribution in [3.63, 3.8) is 0 Å². The maximum Gasteiger partial charge on any atom is 0.505 e. The van der Waals surface area contributed by atoms with E-state index in [1.165, 1.54) is 0 Å². The van der Waals surface area contributed by atoms with Crippen LogP contribution in [-0.2, 0) is 4.74 Å². The fourth-order valence-electron chi connectivity index (χ4n) is 0.794. The number of methoxy groups -OCH3 is 1. The van der Waals surface area contributed by atoms with Gasteiger partial charge in [-0.1, -0.05) is 0 Å². The lowest BCUT2D eigenvalue weighted by Crippen LogP contribution is -2.21. The molecule has 0 aromatic carbocycles. The fourth-order valence-corrected chi connectivity index (χ4v) is 0.794. The minimum Gasteiger partial charge on any atom is -0.450 e. The van der Waals surface area contributed by atoms with E-state index in [2.05, 4.69) is 40.9 Å². The fraction of sp³-hybridized carbons (Fsp3) is 0.625. The highest BCUT2D eigenvalue weighted by atomic mass is 16.6. The van der Waals surface area contributed by atoms with Gasteiger partial charge in [-0.05, 0) is 6.92 Å². The van der Waals surface area contributed by atoms with Crippen LogP contribution in [0, 0.1) is 0 Å². The molecule has 0 spiro atoms. The van der Waals surface area contributed by atoms with Crippen molar-refractivity contribution in [3.05, 3.63) is 12.4 Å². The molecule has 1 N–H and O–H groups in total. The molecule has 0 unspecified atom stereocenters. The van der Waals surface area contributed by atoms with Crippen molar-refractivity contribution in [2.75, 3.05) is 27.4 Å². The van der Waals surface area contributed by atoms with E-state index in [0.29, 0.717) is 0 Å². The predicted molar refractivity (Wildman–Crippen MR) is 49.2 cm³/mol. The number of rotatable bonds is 1. The van der Waals surface area contributed by atoms with Gasteiger partial charge in [0, 0.05) is 26.0 Å². The maximum atomic E-state index is 9.15. The number of hydrogen-bond donors (Lipinski definition) is 1. The van der Waals surface area contributed by atoms with Gasteiger partial charge in [-0.2, -0.15) is 0 Å². The van der Waals surface area contributed by atoms with Crippen molar-refractivity contribution in [1.29, 1.82) is 0 Å². The van der Waals surface area contributed by atoms with Crippen LogP contribution in [0.3, 0.4) is 0 Å². The molecule has 0 aliphatic carbocycles. The summed E-state index contributed by atoms with van der Waals surface area (Å²) in [4.78, 5) is 13.6. The van der Waals surface area contributed by atoms with Crippen molar-refractivity contribution >= 4 is 6.16 Å². The number of hydrogen-bond acceptors (Lipinski definition) is 4. The van der Waals surface area contributed by atoms with Crippen LogP contribution in [0.2, 0.25) is 0 Å². The van der Waals surface area contributed by atoms with E-state index in [-0.39, 0.29) is 0 Å². The first-order chi connectivity index (χ1) is 6.10. The average Bonchev–Trinajstić information content (AvgIpc) is 2.52. The molecule has 76 valence electrons. The van der Waals surface area contributed by atoms with Gasteiger partial charge in [0.05, 0.1) is 13.8 Å². The van der Waals surface area contributed by atoms with Crippen LogP contribution in [-0.4, -0.2) is 48.4 Å². The number of carbonyl (C=O) groups is 1. The molecule has 1 rings (SSSR count). The van der Waals surface area contributed by atoms with Gasteiger partial charge in [0.1, 0.15) is 0 Å². The van der Waals surface area contributed by atoms with Crippen LogP contribution in [0.4, 0.5) is 4.79 Å². The van der Waals surface area contributed by atoms with Crippen LogP contribution < -0.4 is 0 Å². The van der Waals surface area contributed by atoms with E-state index in [1.54, 1.807) is 0 Å². The molecule has 0 bridgehead atoms. The van der Waals surface area contributed by atoms with E-state index < -0.39 is 6.16 Å². The Morgan fingerprint density at radius 1 is 1.62 bits per heavy atom. The van der Waals surface area contributed by atoms with Gasteiger partial charge in [-0.15, -0.1) is 0 Å². The average molecular weight is 188 g/mol. The molecule has 5 heteroatoms. The molecule has 0 radical (unpaired) electrons. The second-order valence-electron chi connectivity index (χ2n) is 2.57. The van der Waals surface area contributed by atoms with E-state index in [1.807, 2.05) is 0 Å². The molecule has 1 aliphatic heterocycles. The lowest BCUT2D eigenvalue weighted by Gasteiger charge is -2.14. The van der Waals surface area contributed by atoms with E-state index in [0.717, 1.165) is 20.3 Å². The lowest BCUT2D eigenvalue weighted by atomic mass is 10.6. The molecule has 0 atom stereocenters. The summed E-state index contributed by atoms with van der Waals surface area (Å²) in [6.07, 6.45) is 2.95. The molecule has 0 aromatic heterocycles. The molecule has 1 aliphatic rings. The van der Waals surface area contributed by atoms with Crippen molar-refractivity contribution in [2.45, 2.75) is 6.92 Å². The first-order valence-corrected chi connectivity index (χ1v) is 3.99. The van der Waals surface area contributed by atoms with Crippen LogP contribution >= 0.6 is 0 Å². The Morgan fingerprint density at radius 3 is 2.31 bits per heavy atom. The summed E-state index contributed by atoms with van der Waals surface area (Å²) in [5, 5.41) is 7.50. The zero-order valence-electron chi connectivity index (χ0n) is 8.23. The summed E-state index contributed by atoms with van der Waals surface area (Å²) in [6.45, 7) is 4.32. The standard InChI is InChI=1S/C6H12N2.C2H4O3/c1-3-8-5-4-7(2)6-8;1-5-2(3)4/h4-5H,3,6H2,1-2H3;1H3,(H,3,4). The Balaban J connectivity index is 0.000000252. The summed E-state index contributed by atoms with van der Waals surface area (Å²) in [6, 6.07) is 0. The Morgan fingerprint density at radius 2 is 2.15 bits per heavy atom. The van der Waals surface area contributed by atoms with Gasteiger partial charge in [0.25, 0.3) is 0 Å². The normalized spacial score (nSPS) is 13.8. The number of carboxylic acid groups (broad SMARTS) is 1. The first kappa shape index (κ1) is 11.6. The zero-order chi connectivity index (χ0) is 10.3. The van der Waals surface area contributed by atoms with Gasteiger partial charge >= 0.3 is 6.16 Å². The molecule has 1 heterocycles. The Hall–Kier alpha value is -1.39. The second kappa shape index (κ2) is 6.16. The largest absolute Gasteiger partial charge is 0.505 e. The number of ether oxygens (including phenoxy) is 1. The third-order valence-corrected chi connectivity index (χ3v) is 1.52. The lowest BCUT2D eigenvalue weighted by molar-refractivity contribution is 0.114. The molecule has 13 heavy (non-hydrogen) atoms. The van der Waals surface area contributed by atoms with E-state index in [9.17, 15) is 0 Å². The molecular formula is C8H16N2O3. The minimum atomic E-state index is -1.25. The van der Waals surface area contributed by atoms with Crippen molar-refractivity contribution in [2.24, 2.45) is 0 Å². The van der Waals surface area contributed by atoms with Gasteiger partial charge in [0.15, 0.2) is 0 Å². The van der Waals surface area contributed by atoms with Crippen molar-refractivity contribution in [1.82, 2.24) is 9.80 Å². The van der Waals surface area contributed by atoms with E-state index >= 15 is 0 Å². The first-order valence-electron chi connectivity index (χ1n) is 3.99. The monoisotopic (exact) mass is 188 g/mol. The molecule has 0 saturated heterocycles. The number of nitrogens with zero attached hydrogens (tertiary/aromatic N) is 2. The third kappa shape index (κ3) is 5.84. The summed E-state index contributed by atoms with van der Waals surface area (Å²) < 4.78 is 3.67. The summed E-state index contributed by atoms with van der Waals surface area (Å²) in [5.41, 5.74) is 0. The molecule has 0 aromatic rings. The summed E-state index contributed by atoms with van der Waals surface area (Å²) >= 11 is 0. The smallest absolute Gasteiger partial charge is 0.450 e. The highest BCUT2D eigenvalue weighted by Crippen LogP contribution is 2.00. The summed E-state index contributed by atoms with van der Waals surface area (Å²) in [5.74, 6) is 0. The molecule has 0 amide bonds. The molecule has 5 nitrogen and oxygen atoms in total. The van der Waals surface area contributed by atoms with Crippen molar-refractivity contribution < 1.29 is 14.6 Å². The summed E-state index contributed by atoms with van der Waals surface area (Å²) in [7, 11) is 3.18. The van der Waals surface area contributed by atoms with Gasteiger partial charge < -0.3 is 19.6 Å². The van der Waals surface area contributed by atoms with Crippen LogP contribution in [0.25, 0.3) is 0 Å². The topological polar surface area (TPSA) is 53.0 Å². The van der Waals surface area contributed by atoms with Crippen LogP contribution in [0.1, 0.15) is 6.92 Å². The van der Waals surface area contributed by atoms with Crippen LogP contribution in [0.15, 0.2) is 12.4 Å². The van der Waals surface area contributed by atoms with Gasteiger partial charge in [0.2, 0.25) is 0 Å². The quantitative estimate of drug-likeness (QED) is 0.622. The third-order valence-electron chi connectivity index (χ3n) is 1.52. The molecular weight excluding hydrogens is 172 g/mol. The highest BCUT2D eigenvalue weighted by Gasteiger charge is 2.03.